The molecular formula is C30H62O8. The highest BCUT2D eigenvalue weighted by atomic mass is 16.5. The summed E-state index contributed by atoms with van der Waals surface area (Å²) >= 11 is 0. The molecule has 0 bridgehead atoms. The number of carboxylic acids is 2. The van der Waals surface area contributed by atoms with Gasteiger partial charge >= 0.3 is 11.9 Å². The quantitative estimate of drug-likeness (QED) is 0.107. The largest absolute Gasteiger partial charge is 0.481 e. The van der Waals surface area contributed by atoms with E-state index in [0.29, 0.717) is 38.3 Å². The Balaban J connectivity index is -0.000000492. The summed E-state index contributed by atoms with van der Waals surface area (Å²) in [7, 11) is 0. The second-order valence-corrected chi connectivity index (χ2v) is 9.86. The average molecular weight is 551 g/mol. The van der Waals surface area contributed by atoms with Gasteiger partial charge in [0.15, 0.2) is 0 Å². The number of aliphatic carboxylic acids is 2. The molecule has 0 aromatic carbocycles. The van der Waals surface area contributed by atoms with Gasteiger partial charge in [-0.25, -0.2) is 0 Å². The third kappa shape index (κ3) is 27.8. The molecule has 4 unspecified atom stereocenters. The molecule has 0 radical (unpaired) electrons. The van der Waals surface area contributed by atoms with Gasteiger partial charge in [-0.05, 0) is 37.5 Å². The molecule has 0 fully saturated rings. The Labute approximate surface area is 233 Å². The fourth-order valence-electron chi connectivity index (χ4n) is 4.10. The van der Waals surface area contributed by atoms with Crippen LogP contribution in [-0.2, 0) is 19.1 Å². The maximum Gasteiger partial charge on any atom is 0.306 e. The first-order valence-electron chi connectivity index (χ1n) is 15.0. The molecule has 4 atom stereocenters. The van der Waals surface area contributed by atoms with E-state index in [2.05, 4.69) is 27.7 Å². The van der Waals surface area contributed by atoms with Gasteiger partial charge in [0.2, 0.25) is 0 Å². The summed E-state index contributed by atoms with van der Waals surface area (Å²) in [5.41, 5.74) is 0. The van der Waals surface area contributed by atoms with Gasteiger partial charge in [-0.2, -0.15) is 0 Å². The minimum Gasteiger partial charge on any atom is -0.481 e. The molecule has 0 aliphatic carbocycles. The highest BCUT2D eigenvalue weighted by Gasteiger charge is 2.20. The van der Waals surface area contributed by atoms with E-state index >= 15 is 0 Å². The number of hydrogen-bond acceptors (Lipinski definition) is 6. The number of carbonyl (C=O) groups is 2. The van der Waals surface area contributed by atoms with Crippen molar-refractivity contribution in [1.82, 2.24) is 0 Å². The molecule has 0 saturated carbocycles. The van der Waals surface area contributed by atoms with Crippen molar-refractivity contribution < 1.29 is 39.5 Å². The Bertz CT molecular complexity index is 457. The molecule has 4 N–H and O–H groups in total. The molecule has 230 valence electrons. The zero-order valence-corrected chi connectivity index (χ0v) is 25.5. The number of aliphatic hydroxyl groups excluding tert-OH is 2. The minimum absolute atomic E-state index is 0.0417. The van der Waals surface area contributed by atoms with Gasteiger partial charge in [0.1, 0.15) is 0 Å². The van der Waals surface area contributed by atoms with E-state index in [-0.39, 0.29) is 25.0 Å². The molecule has 0 rings (SSSR count). The van der Waals surface area contributed by atoms with E-state index in [1.165, 1.54) is 38.5 Å². The van der Waals surface area contributed by atoms with Crippen molar-refractivity contribution in [2.75, 3.05) is 39.6 Å². The highest BCUT2D eigenvalue weighted by Crippen LogP contribution is 2.24. The lowest BCUT2D eigenvalue weighted by Crippen LogP contribution is -2.17. The maximum atomic E-state index is 10.9. The second-order valence-electron chi connectivity index (χ2n) is 9.86. The summed E-state index contributed by atoms with van der Waals surface area (Å²) in [6.45, 7) is 14.3. The third-order valence-corrected chi connectivity index (χ3v) is 6.85. The topological polar surface area (TPSA) is 134 Å². The van der Waals surface area contributed by atoms with Gasteiger partial charge in [0.05, 0.1) is 51.5 Å². The van der Waals surface area contributed by atoms with Gasteiger partial charge in [0.25, 0.3) is 0 Å². The van der Waals surface area contributed by atoms with Crippen LogP contribution in [0.4, 0.5) is 0 Å². The molecule has 38 heavy (non-hydrogen) atoms. The summed E-state index contributed by atoms with van der Waals surface area (Å²) in [6, 6.07) is 0. The maximum absolute atomic E-state index is 10.9. The number of ether oxygens (including phenoxy) is 2. The van der Waals surface area contributed by atoms with Crippen molar-refractivity contribution >= 4 is 11.9 Å². The fourth-order valence-corrected chi connectivity index (χ4v) is 4.10. The number of hydrogen-bond donors (Lipinski definition) is 4. The Morgan fingerprint density at radius 1 is 0.579 bits per heavy atom. The van der Waals surface area contributed by atoms with Crippen molar-refractivity contribution in [2.24, 2.45) is 23.7 Å². The lowest BCUT2D eigenvalue weighted by Gasteiger charge is -2.18. The van der Waals surface area contributed by atoms with Gasteiger partial charge < -0.3 is 29.9 Å². The summed E-state index contributed by atoms with van der Waals surface area (Å²) in [6.07, 6.45) is 12.7. The molecule has 0 aliphatic heterocycles. The number of carboxylic acid groups (broad SMARTS) is 2. The Morgan fingerprint density at radius 2 is 0.921 bits per heavy atom. The Morgan fingerprint density at radius 3 is 1.13 bits per heavy atom. The number of rotatable bonds is 23. The molecule has 0 amide bonds. The minimum atomic E-state index is -0.623. The molecule has 8 heteroatoms. The van der Waals surface area contributed by atoms with E-state index < -0.39 is 11.9 Å². The predicted molar refractivity (Wildman–Crippen MR) is 154 cm³/mol. The zero-order valence-electron chi connectivity index (χ0n) is 25.5. The third-order valence-electron chi connectivity index (χ3n) is 6.85. The second kappa shape index (κ2) is 32.0. The monoisotopic (exact) mass is 550 g/mol. The fraction of sp³-hybridized carbons (Fsp3) is 0.933. The van der Waals surface area contributed by atoms with Crippen LogP contribution in [0.3, 0.4) is 0 Å². The molecule has 0 saturated heterocycles. The van der Waals surface area contributed by atoms with Crippen molar-refractivity contribution in [2.45, 2.75) is 119 Å². The van der Waals surface area contributed by atoms with Crippen LogP contribution in [0.25, 0.3) is 0 Å². The van der Waals surface area contributed by atoms with Gasteiger partial charge in [-0.15, -0.1) is 0 Å². The smallest absolute Gasteiger partial charge is 0.306 e. The molecular weight excluding hydrogens is 488 g/mol. The Hall–Kier alpha value is -1.22. The van der Waals surface area contributed by atoms with Crippen molar-refractivity contribution in [3.05, 3.63) is 0 Å². The first kappa shape index (κ1) is 41.3. The van der Waals surface area contributed by atoms with Gasteiger partial charge in [0, 0.05) is 0 Å². The molecule has 0 spiro atoms. The van der Waals surface area contributed by atoms with Crippen LogP contribution in [0, 0.1) is 23.7 Å². The van der Waals surface area contributed by atoms with Crippen molar-refractivity contribution in [3.63, 3.8) is 0 Å². The molecule has 8 nitrogen and oxygen atoms in total. The highest BCUT2D eigenvalue weighted by molar-refractivity contribution is 5.70. The van der Waals surface area contributed by atoms with Crippen molar-refractivity contribution in [3.8, 4) is 0 Å². The summed E-state index contributed by atoms with van der Waals surface area (Å²) in [5, 5.41) is 34.4. The van der Waals surface area contributed by atoms with Crippen LogP contribution >= 0.6 is 0 Å². The molecule has 0 aromatic heterocycles. The standard InChI is InChI=1S/2C12H24O2.C6H14O4/c2*1-4-7-8-10(5-2)9-11(6-3)12(13)14;7-1-3-9-5-6-10-4-2-8/h2*10-11H,4-9H2,1-3H3,(H,13,14);7-8H,1-6H2. The Kier molecular flexibility index (Phi) is 34.7. The zero-order chi connectivity index (χ0) is 29.6. The van der Waals surface area contributed by atoms with Crippen LogP contribution < -0.4 is 0 Å². The summed E-state index contributed by atoms with van der Waals surface area (Å²) in [4.78, 5) is 21.7. The van der Waals surface area contributed by atoms with Crippen LogP contribution in [0.2, 0.25) is 0 Å². The number of unbranched alkanes of at least 4 members (excludes halogenated alkanes) is 2. The SMILES string of the molecule is CCCCC(CC)CC(CC)C(=O)O.CCCCC(CC)CC(CC)C(=O)O.OCCOCCOCCO. The van der Waals surface area contributed by atoms with E-state index in [9.17, 15) is 9.59 Å². The normalized spacial score (nSPS) is 13.8. The molecule has 0 aromatic rings. The lowest BCUT2D eigenvalue weighted by atomic mass is 9.87. The van der Waals surface area contributed by atoms with Crippen LogP contribution in [0.5, 0.6) is 0 Å². The predicted octanol–water partition coefficient (Wildman–Crippen LogP) is 6.41. The summed E-state index contributed by atoms with van der Waals surface area (Å²) < 4.78 is 9.75. The van der Waals surface area contributed by atoms with Gasteiger partial charge in [-0.1, -0.05) is 92.9 Å². The molecule has 0 aliphatic rings. The average Bonchev–Trinajstić information content (AvgIpc) is 2.91. The van der Waals surface area contributed by atoms with Crippen LogP contribution in [0.15, 0.2) is 0 Å². The van der Waals surface area contributed by atoms with Crippen molar-refractivity contribution in [1.29, 1.82) is 0 Å². The molecule has 0 heterocycles. The summed E-state index contributed by atoms with van der Waals surface area (Å²) in [5.74, 6) is -0.287. The first-order valence-corrected chi connectivity index (χ1v) is 15.0. The first-order chi connectivity index (χ1) is 18.2. The van der Waals surface area contributed by atoms with E-state index in [4.69, 9.17) is 29.9 Å². The van der Waals surface area contributed by atoms with E-state index in [1.807, 2.05) is 13.8 Å². The van der Waals surface area contributed by atoms with E-state index in [0.717, 1.165) is 38.5 Å². The number of aliphatic hydroxyl groups is 2. The van der Waals surface area contributed by atoms with Crippen LogP contribution in [0.1, 0.15) is 119 Å². The van der Waals surface area contributed by atoms with Crippen LogP contribution in [-0.4, -0.2) is 72.0 Å². The van der Waals surface area contributed by atoms with E-state index in [1.54, 1.807) is 0 Å². The van der Waals surface area contributed by atoms with Gasteiger partial charge in [-0.3, -0.25) is 9.59 Å². The lowest BCUT2D eigenvalue weighted by molar-refractivity contribution is -0.143.